The molecule has 3 rings (SSSR count). The fourth-order valence-corrected chi connectivity index (χ4v) is 3.58. The highest BCUT2D eigenvalue weighted by Gasteiger charge is 2.14. The molecule has 29 heavy (non-hydrogen) atoms. The van der Waals surface area contributed by atoms with Crippen molar-refractivity contribution in [2.45, 2.75) is 37.6 Å². The highest BCUT2D eigenvalue weighted by Crippen LogP contribution is 2.22. The normalized spacial score (nSPS) is 10.7. The smallest absolute Gasteiger partial charge is 0.269 e. The molecule has 0 spiro atoms. The van der Waals surface area contributed by atoms with E-state index in [2.05, 4.69) is 6.07 Å². The van der Waals surface area contributed by atoms with Crippen LogP contribution in [0, 0.1) is 18.3 Å². The van der Waals surface area contributed by atoms with E-state index in [4.69, 9.17) is 5.26 Å². The van der Waals surface area contributed by atoms with Gasteiger partial charge in [-0.3, -0.25) is 13.9 Å². The fraction of sp³-hybridized carbons (Fsp3) is 0.261. The molecule has 0 N–H and O–H groups in total. The average Bonchev–Trinajstić information content (AvgIpc) is 2.73. The molecular weight excluding hydrogens is 382 g/mol. The molecule has 0 saturated heterocycles. The summed E-state index contributed by atoms with van der Waals surface area (Å²) in [5, 5.41) is 8.70. The molecule has 5 nitrogen and oxygen atoms in total. The monoisotopic (exact) mass is 405 g/mol. The topological polar surface area (TPSA) is 67.8 Å². The van der Waals surface area contributed by atoms with Crippen LogP contribution in [-0.2, 0) is 6.54 Å². The van der Waals surface area contributed by atoms with Crippen molar-refractivity contribution < 1.29 is 0 Å². The predicted octanol–water partition coefficient (Wildman–Crippen LogP) is 4.39. The van der Waals surface area contributed by atoms with Crippen molar-refractivity contribution in [3.63, 3.8) is 0 Å². The van der Waals surface area contributed by atoms with Crippen molar-refractivity contribution in [3.8, 4) is 23.0 Å². The lowest BCUT2D eigenvalue weighted by Gasteiger charge is -2.16. The summed E-state index contributed by atoms with van der Waals surface area (Å²) in [6, 6.07) is 19.1. The van der Waals surface area contributed by atoms with Crippen LogP contribution in [0.5, 0.6) is 0 Å². The Labute approximate surface area is 174 Å². The van der Waals surface area contributed by atoms with Gasteiger partial charge >= 0.3 is 5.69 Å². The van der Waals surface area contributed by atoms with Crippen LogP contribution >= 0.6 is 11.8 Å². The lowest BCUT2D eigenvalue weighted by Crippen LogP contribution is -2.39. The first-order chi connectivity index (χ1) is 14.0. The maximum atomic E-state index is 13.3. The molecule has 0 aliphatic heterocycles. The molecule has 0 aliphatic rings. The lowest BCUT2D eigenvalue weighted by atomic mass is 10.1. The Morgan fingerprint density at radius 1 is 1.00 bits per heavy atom. The van der Waals surface area contributed by atoms with E-state index in [0.29, 0.717) is 37.2 Å². The van der Waals surface area contributed by atoms with E-state index in [1.165, 1.54) is 10.6 Å². The molecule has 1 aromatic heterocycles. The fourth-order valence-electron chi connectivity index (χ4n) is 3.17. The molecule has 1 heterocycles. The van der Waals surface area contributed by atoms with Crippen LogP contribution in [0.1, 0.15) is 24.8 Å². The predicted molar refractivity (Wildman–Crippen MR) is 118 cm³/mol. The van der Waals surface area contributed by atoms with Gasteiger partial charge in [-0.15, -0.1) is 11.8 Å². The zero-order valence-corrected chi connectivity index (χ0v) is 17.4. The van der Waals surface area contributed by atoms with E-state index >= 15 is 0 Å². The van der Waals surface area contributed by atoms with Gasteiger partial charge in [0, 0.05) is 23.9 Å². The number of aryl methyl sites for hydroxylation is 1. The van der Waals surface area contributed by atoms with Gasteiger partial charge < -0.3 is 0 Å². The summed E-state index contributed by atoms with van der Waals surface area (Å²) in [6.07, 6.45) is 3.68. The Balaban J connectivity index is 2.16. The van der Waals surface area contributed by atoms with E-state index < -0.39 is 0 Å². The summed E-state index contributed by atoms with van der Waals surface area (Å²) in [5.41, 5.74) is 2.54. The molecule has 6 heteroatoms. The molecule has 0 bridgehead atoms. The maximum absolute atomic E-state index is 13.3. The summed E-state index contributed by atoms with van der Waals surface area (Å²) in [6.45, 7) is 2.30. The average molecular weight is 406 g/mol. The first-order valence-corrected chi connectivity index (χ1v) is 10.7. The largest absolute Gasteiger partial charge is 0.336 e. The van der Waals surface area contributed by atoms with Crippen molar-refractivity contribution in [2.75, 3.05) is 6.26 Å². The lowest BCUT2D eigenvalue weighted by molar-refractivity contribution is 0.562. The minimum absolute atomic E-state index is 0.302. The first-order valence-electron chi connectivity index (χ1n) is 9.50. The Kier molecular flexibility index (Phi) is 6.73. The van der Waals surface area contributed by atoms with Crippen LogP contribution in [-0.4, -0.2) is 15.4 Å². The van der Waals surface area contributed by atoms with E-state index in [1.807, 2.05) is 61.7 Å². The Morgan fingerprint density at radius 2 is 1.69 bits per heavy atom. The number of nitrogens with zero attached hydrogens (tertiary/aromatic N) is 3. The van der Waals surface area contributed by atoms with Crippen molar-refractivity contribution in [1.82, 2.24) is 9.13 Å². The number of rotatable bonds is 7. The van der Waals surface area contributed by atoms with Gasteiger partial charge in [-0.1, -0.05) is 29.8 Å². The van der Waals surface area contributed by atoms with Gasteiger partial charge in [0.2, 0.25) is 0 Å². The molecule has 0 amide bonds. The Morgan fingerprint density at radius 3 is 2.31 bits per heavy atom. The van der Waals surface area contributed by atoms with Crippen LogP contribution in [0.2, 0.25) is 0 Å². The minimum atomic E-state index is -0.359. The van der Waals surface area contributed by atoms with E-state index in [9.17, 15) is 9.59 Å². The third kappa shape index (κ3) is 4.69. The highest BCUT2D eigenvalue weighted by molar-refractivity contribution is 7.98. The Hall–Kier alpha value is -3.04. The number of unbranched alkanes of at least 4 members (excludes halogenated alkanes) is 2. The van der Waals surface area contributed by atoms with E-state index in [1.54, 1.807) is 16.3 Å². The Bertz CT molecular complexity index is 1140. The van der Waals surface area contributed by atoms with Gasteiger partial charge in [0.1, 0.15) is 0 Å². The van der Waals surface area contributed by atoms with Gasteiger partial charge in [-0.25, -0.2) is 4.79 Å². The quantitative estimate of drug-likeness (QED) is 0.432. The van der Waals surface area contributed by atoms with E-state index in [-0.39, 0.29) is 11.2 Å². The number of aromatic nitrogens is 2. The summed E-state index contributed by atoms with van der Waals surface area (Å²) in [7, 11) is 0. The molecule has 2 aromatic carbocycles. The minimum Gasteiger partial charge on any atom is -0.269 e. The van der Waals surface area contributed by atoms with Crippen molar-refractivity contribution in [2.24, 2.45) is 0 Å². The van der Waals surface area contributed by atoms with Crippen LogP contribution in [0.15, 0.2) is 69.1 Å². The van der Waals surface area contributed by atoms with Crippen molar-refractivity contribution in [3.05, 3.63) is 81.0 Å². The van der Waals surface area contributed by atoms with Crippen LogP contribution in [0.25, 0.3) is 16.9 Å². The highest BCUT2D eigenvalue weighted by atomic mass is 32.2. The second kappa shape index (κ2) is 9.44. The number of benzene rings is 2. The maximum Gasteiger partial charge on any atom is 0.336 e. The number of hydrogen-bond donors (Lipinski definition) is 0. The summed E-state index contributed by atoms with van der Waals surface area (Å²) in [4.78, 5) is 27.2. The van der Waals surface area contributed by atoms with Crippen molar-refractivity contribution in [1.29, 1.82) is 5.26 Å². The van der Waals surface area contributed by atoms with E-state index in [0.717, 1.165) is 16.0 Å². The third-order valence-electron chi connectivity index (χ3n) is 4.79. The molecule has 0 radical (unpaired) electrons. The van der Waals surface area contributed by atoms with Crippen LogP contribution < -0.4 is 11.2 Å². The van der Waals surface area contributed by atoms with Gasteiger partial charge in [0.05, 0.1) is 17.5 Å². The molecule has 0 fully saturated rings. The molecule has 0 atom stereocenters. The number of hydrogen-bond acceptors (Lipinski definition) is 4. The van der Waals surface area contributed by atoms with Crippen molar-refractivity contribution >= 4 is 11.8 Å². The van der Waals surface area contributed by atoms with Gasteiger partial charge in [0.25, 0.3) is 5.56 Å². The molecule has 3 aromatic rings. The summed E-state index contributed by atoms with van der Waals surface area (Å²) >= 11 is 1.63. The standard InChI is InChI=1S/C23H23N3O2S/c1-17-6-8-18(9-7-17)21-16-22(27)25(15-5-3-4-14-24)23(28)26(21)19-10-12-20(29-2)13-11-19/h6-13,16H,3-5,15H2,1-2H3. The second-order valence-electron chi connectivity index (χ2n) is 6.82. The first kappa shape index (κ1) is 20.7. The third-order valence-corrected chi connectivity index (χ3v) is 5.53. The zero-order valence-electron chi connectivity index (χ0n) is 16.6. The number of nitriles is 1. The molecule has 0 aliphatic carbocycles. The molecule has 0 saturated carbocycles. The molecule has 0 unspecified atom stereocenters. The van der Waals surface area contributed by atoms with Crippen LogP contribution in [0.3, 0.4) is 0 Å². The van der Waals surface area contributed by atoms with Crippen LogP contribution in [0.4, 0.5) is 0 Å². The van der Waals surface area contributed by atoms with Gasteiger partial charge in [-0.2, -0.15) is 5.26 Å². The molecule has 148 valence electrons. The number of thioether (sulfide) groups is 1. The zero-order chi connectivity index (χ0) is 20.8. The van der Waals surface area contributed by atoms with Gasteiger partial charge in [0.15, 0.2) is 0 Å². The summed E-state index contributed by atoms with van der Waals surface area (Å²) < 4.78 is 2.86. The molecular formula is C23H23N3O2S. The summed E-state index contributed by atoms with van der Waals surface area (Å²) in [5.74, 6) is 0. The second-order valence-corrected chi connectivity index (χ2v) is 7.70. The SMILES string of the molecule is CSc1ccc(-n2c(-c3ccc(C)cc3)cc(=O)n(CCCCC#N)c2=O)cc1. The van der Waals surface area contributed by atoms with Gasteiger partial charge in [-0.05, 0) is 55.9 Å².